The highest BCUT2D eigenvalue weighted by Crippen LogP contribution is 2.17. The molecular weight excluding hydrogens is 310 g/mol. The number of carbonyl (C=O) groups excluding carboxylic acids is 3. The molecule has 0 atom stereocenters. The number of nitrogens with zero attached hydrogens (tertiary/aromatic N) is 1. The third-order valence-corrected chi connectivity index (χ3v) is 4.09. The van der Waals surface area contributed by atoms with Crippen molar-refractivity contribution >= 4 is 17.9 Å². The highest BCUT2D eigenvalue weighted by molar-refractivity contribution is 5.76. The first-order valence-corrected chi connectivity index (χ1v) is 8.98. The fourth-order valence-electron chi connectivity index (χ4n) is 2.82. The predicted molar refractivity (Wildman–Crippen MR) is 91.5 cm³/mol. The minimum absolute atomic E-state index is 0.0836. The number of hydrogen-bond donors (Lipinski definition) is 2. The van der Waals surface area contributed by atoms with E-state index in [4.69, 9.17) is 4.74 Å². The van der Waals surface area contributed by atoms with Crippen molar-refractivity contribution in [2.45, 2.75) is 64.8 Å². The molecular formula is C17H31N3O4. The van der Waals surface area contributed by atoms with Crippen LogP contribution in [0, 0.1) is 0 Å². The van der Waals surface area contributed by atoms with Crippen molar-refractivity contribution < 1.29 is 19.1 Å². The molecule has 24 heavy (non-hydrogen) atoms. The number of rotatable bonds is 9. The van der Waals surface area contributed by atoms with Gasteiger partial charge in [0.2, 0.25) is 5.91 Å². The van der Waals surface area contributed by atoms with E-state index in [2.05, 4.69) is 10.6 Å². The fraction of sp³-hybridized carbons (Fsp3) is 0.824. The Balaban J connectivity index is 2.45. The molecule has 1 aliphatic carbocycles. The lowest BCUT2D eigenvalue weighted by molar-refractivity contribution is -0.143. The molecule has 0 saturated heterocycles. The van der Waals surface area contributed by atoms with E-state index in [0.29, 0.717) is 32.7 Å². The summed E-state index contributed by atoms with van der Waals surface area (Å²) in [6, 6.07) is 0.0979. The van der Waals surface area contributed by atoms with Crippen LogP contribution in [-0.2, 0) is 14.3 Å². The van der Waals surface area contributed by atoms with E-state index in [1.165, 1.54) is 13.3 Å². The van der Waals surface area contributed by atoms with Gasteiger partial charge in [-0.1, -0.05) is 19.3 Å². The molecule has 0 aromatic carbocycles. The molecule has 0 aliphatic heterocycles. The van der Waals surface area contributed by atoms with E-state index in [0.717, 1.165) is 25.7 Å². The molecule has 3 amide bonds. The van der Waals surface area contributed by atoms with Crippen LogP contribution in [0.2, 0.25) is 0 Å². The summed E-state index contributed by atoms with van der Waals surface area (Å²) in [5, 5.41) is 5.79. The van der Waals surface area contributed by atoms with E-state index < -0.39 is 0 Å². The first-order valence-electron chi connectivity index (χ1n) is 8.98. The maximum Gasteiger partial charge on any atom is 0.317 e. The van der Waals surface area contributed by atoms with Crippen LogP contribution in [0.5, 0.6) is 0 Å². The molecule has 1 fully saturated rings. The minimum atomic E-state index is -0.296. The second-order valence-corrected chi connectivity index (χ2v) is 6.16. The molecule has 1 aliphatic rings. The van der Waals surface area contributed by atoms with Gasteiger partial charge in [-0.05, 0) is 26.2 Å². The first kappa shape index (κ1) is 20.3. The highest BCUT2D eigenvalue weighted by Gasteiger charge is 2.20. The third kappa shape index (κ3) is 8.74. The molecule has 0 spiro atoms. The predicted octanol–water partition coefficient (Wildman–Crippen LogP) is 1.81. The average molecular weight is 341 g/mol. The van der Waals surface area contributed by atoms with Gasteiger partial charge in [0.15, 0.2) is 0 Å². The van der Waals surface area contributed by atoms with E-state index in [-0.39, 0.29) is 30.4 Å². The molecule has 0 aromatic rings. The van der Waals surface area contributed by atoms with Gasteiger partial charge in [-0.15, -0.1) is 0 Å². The lowest BCUT2D eigenvalue weighted by Gasteiger charge is -2.28. The van der Waals surface area contributed by atoms with Crippen LogP contribution in [0.1, 0.15) is 58.8 Å². The minimum Gasteiger partial charge on any atom is -0.466 e. The molecule has 138 valence electrons. The van der Waals surface area contributed by atoms with Gasteiger partial charge in [-0.3, -0.25) is 9.59 Å². The maximum atomic E-state index is 12.5. The third-order valence-electron chi connectivity index (χ3n) is 4.09. The quantitative estimate of drug-likeness (QED) is 0.494. The number of esters is 1. The number of nitrogens with one attached hydrogen (secondary N) is 2. The Bertz CT molecular complexity index is 409. The number of amides is 3. The summed E-state index contributed by atoms with van der Waals surface area (Å²) in [6.07, 6.45) is 6.40. The summed E-state index contributed by atoms with van der Waals surface area (Å²) in [5.74, 6) is -0.380. The van der Waals surface area contributed by atoms with Crippen molar-refractivity contribution in [3.8, 4) is 0 Å². The Hall–Kier alpha value is -1.79. The molecule has 0 bridgehead atoms. The Morgan fingerprint density at radius 2 is 1.83 bits per heavy atom. The van der Waals surface area contributed by atoms with Gasteiger partial charge < -0.3 is 20.3 Å². The fourth-order valence-corrected chi connectivity index (χ4v) is 2.82. The van der Waals surface area contributed by atoms with Crippen LogP contribution in [0.25, 0.3) is 0 Å². The van der Waals surface area contributed by atoms with Crippen molar-refractivity contribution in [2.75, 3.05) is 26.2 Å². The standard InChI is InChI=1S/C17H31N3O4/c1-3-24-16(22)10-13-20(12-7-11-18-14(2)21)17(23)19-15-8-5-4-6-9-15/h15H,3-13H2,1-2H3,(H,18,21)(H,19,23). The normalized spacial score (nSPS) is 14.8. The lowest BCUT2D eigenvalue weighted by atomic mass is 9.96. The number of carbonyl (C=O) groups is 3. The molecule has 0 radical (unpaired) electrons. The summed E-state index contributed by atoms with van der Waals surface area (Å²) in [6.45, 7) is 4.92. The summed E-state index contributed by atoms with van der Waals surface area (Å²) < 4.78 is 4.92. The van der Waals surface area contributed by atoms with Gasteiger partial charge in [0.1, 0.15) is 0 Å². The van der Waals surface area contributed by atoms with Gasteiger partial charge in [-0.2, -0.15) is 0 Å². The number of urea groups is 1. The summed E-state index contributed by atoms with van der Waals surface area (Å²) in [5.41, 5.74) is 0. The molecule has 0 aromatic heterocycles. The molecule has 1 rings (SSSR count). The van der Waals surface area contributed by atoms with Crippen LogP contribution >= 0.6 is 0 Å². The second-order valence-electron chi connectivity index (χ2n) is 6.16. The van der Waals surface area contributed by atoms with E-state index in [9.17, 15) is 14.4 Å². The van der Waals surface area contributed by atoms with Crippen LogP contribution in [-0.4, -0.2) is 55.1 Å². The molecule has 0 unspecified atom stereocenters. The SMILES string of the molecule is CCOC(=O)CCN(CCCNC(C)=O)C(=O)NC1CCCCC1. The number of ether oxygens (including phenoxy) is 1. The largest absolute Gasteiger partial charge is 0.466 e. The van der Waals surface area contributed by atoms with Crippen molar-refractivity contribution in [1.29, 1.82) is 0 Å². The van der Waals surface area contributed by atoms with E-state index in [1.54, 1.807) is 11.8 Å². The molecule has 2 N–H and O–H groups in total. The maximum absolute atomic E-state index is 12.5. The zero-order valence-corrected chi connectivity index (χ0v) is 14.9. The van der Waals surface area contributed by atoms with Gasteiger partial charge in [0.05, 0.1) is 13.0 Å². The van der Waals surface area contributed by atoms with E-state index >= 15 is 0 Å². The average Bonchev–Trinajstić information content (AvgIpc) is 2.55. The lowest BCUT2D eigenvalue weighted by Crippen LogP contribution is -2.47. The molecule has 7 heteroatoms. The Labute approximate surface area is 144 Å². The first-order chi connectivity index (χ1) is 11.5. The monoisotopic (exact) mass is 341 g/mol. The van der Waals surface area contributed by atoms with Crippen molar-refractivity contribution in [1.82, 2.24) is 15.5 Å². The topological polar surface area (TPSA) is 87.7 Å². The van der Waals surface area contributed by atoms with Crippen molar-refractivity contribution in [3.05, 3.63) is 0 Å². The van der Waals surface area contributed by atoms with Crippen molar-refractivity contribution in [2.24, 2.45) is 0 Å². The van der Waals surface area contributed by atoms with Gasteiger partial charge in [0, 0.05) is 32.6 Å². The van der Waals surface area contributed by atoms with Crippen LogP contribution < -0.4 is 10.6 Å². The van der Waals surface area contributed by atoms with Gasteiger partial charge in [-0.25, -0.2) is 4.79 Å². The summed E-state index contributed by atoms with van der Waals surface area (Å²) in [7, 11) is 0. The van der Waals surface area contributed by atoms with Crippen molar-refractivity contribution in [3.63, 3.8) is 0 Å². The molecule has 7 nitrogen and oxygen atoms in total. The van der Waals surface area contributed by atoms with Gasteiger partial charge in [0.25, 0.3) is 0 Å². The molecule has 0 heterocycles. The second kappa shape index (κ2) is 11.7. The Morgan fingerprint density at radius 3 is 2.46 bits per heavy atom. The van der Waals surface area contributed by atoms with Gasteiger partial charge >= 0.3 is 12.0 Å². The Kier molecular flexibility index (Phi) is 9.88. The van der Waals surface area contributed by atoms with Crippen LogP contribution in [0.15, 0.2) is 0 Å². The van der Waals surface area contributed by atoms with E-state index in [1.807, 2.05) is 0 Å². The Morgan fingerprint density at radius 1 is 1.12 bits per heavy atom. The zero-order valence-electron chi connectivity index (χ0n) is 14.9. The summed E-state index contributed by atoms with van der Waals surface area (Å²) >= 11 is 0. The van der Waals surface area contributed by atoms with Crippen LogP contribution in [0.3, 0.4) is 0 Å². The zero-order chi connectivity index (χ0) is 17.8. The summed E-state index contributed by atoms with van der Waals surface area (Å²) in [4.78, 5) is 36.6. The number of hydrogen-bond acceptors (Lipinski definition) is 4. The smallest absolute Gasteiger partial charge is 0.317 e. The highest BCUT2D eigenvalue weighted by atomic mass is 16.5. The van der Waals surface area contributed by atoms with Crippen LogP contribution in [0.4, 0.5) is 4.79 Å². The molecule has 1 saturated carbocycles.